The van der Waals surface area contributed by atoms with E-state index in [1.807, 2.05) is 6.92 Å². The summed E-state index contributed by atoms with van der Waals surface area (Å²) in [5.74, 6) is 7.10. The van der Waals surface area contributed by atoms with E-state index in [0.29, 0.717) is 11.9 Å². The highest BCUT2D eigenvalue weighted by Crippen LogP contribution is 2.23. The van der Waals surface area contributed by atoms with Crippen LogP contribution in [0, 0.1) is 6.92 Å². The summed E-state index contributed by atoms with van der Waals surface area (Å²) in [5.41, 5.74) is 3.61. The van der Waals surface area contributed by atoms with Gasteiger partial charge in [-0.05, 0) is 32.9 Å². The molecule has 0 aromatic carbocycles. The van der Waals surface area contributed by atoms with Gasteiger partial charge >= 0.3 is 0 Å². The van der Waals surface area contributed by atoms with Crippen molar-refractivity contribution in [3.05, 3.63) is 11.9 Å². The molecule has 1 atom stereocenters. The fourth-order valence-electron chi connectivity index (χ4n) is 2.89. The molecule has 1 aliphatic rings. The molecule has 0 radical (unpaired) electrons. The molecule has 3 N–H and O–H groups in total. The lowest BCUT2D eigenvalue weighted by molar-refractivity contribution is 0.270. The Balaban J connectivity index is 2.09. The van der Waals surface area contributed by atoms with Crippen molar-refractivity contribution in [3.63, 3.8) is 0 Å². The average molecular weight is 264 g/mol. The lowest BCUT2D eigenvalue weighted by Crippen LogP contribution is -2.39. The van der Waals surface area contributed by atoms with E-state index in [0.717, 1.165) is 24.5 Å². The van der Waals surface area contributed by atoms with Crippen LogP contribution in [0.4, 0.5) is 11.6 Å². The number of hydrazine groups is 1. The Bertz CT molecular complexity index is 422. The number of nitrogens with zero attached hydrogens (tertiary/aromatic N) is 4. The molecule has 0 amide bonds. The van der Waals surface area contributed by atoms with Crippen LogP contribution in [-0.4, -0.2) is 47.6 Å². The Labute approximate surface area is 115 Å². The first kappa shape index (κ1) is 14.0. The topological polar surface area (TPSA) is 70.3 Å². The SMILES string of the molecule is CCN1CCCC1CN(C)c1ncnc(NN)c1C. The van der Waals surface area contributed by atoms with Crippen LogP contribution in [0.2, 0.25) is 0 Å². The number of rotatable bonds is 5. The second kappa shape index (κ2) is 6.16. The summed E-state index contributed by atoms with van der Waals surface area (Å²) in [7, 11) is 2.09. The molecule has 1 fully saturated rings. The van der Waals surface area contributed by atoms with Gasteiger partial charge in [-0.2, -0.15) is 0 Å². The molecule has 1 aromatic heterocycles. The van der Waals surface area contributed by atoms with Gasteiger partial charge in [0.1, 0.15) is 18.0 Å². The van der Waals surface area contributed by atoms with E-state index in [1.165, 1.54) is 19.4 Å². The van der Waals surface area contributed by atoms with Gasteiger partial charge in [-0.1, -0.05) is 6.92 Å². The summed E-state index contributed by atoms with van der Waals surface area (Å²) in [4.78, 5) is 13.2. The summed E-state index contributed by atoms with van der Waals surface area (Å²) >= 11 is 0. The van der Waals surface area contributed by atoms with Crippen LogP contribution in [0.3, 0.4) is 0 Å². The maximum atomic E-state index is 5.46. The standard InChI is InChI=1S/C13H24N6/c1-4-19-7-5-6-11(19)8-18(3)13-10(2)12(17-14)15-9-16-13/h9,11H,4-8,14H2,1-3H3,(H,15,16,17). The van der Waals surface area contributed by atoms with Gasteiger partial charge in [0.05, 0.1) is 0 Å². The zero-order chi connectivity index (χ0) is 13.8. The minimum absolute atomic E-state index is 0.624. The van der Waals surface area contributed by atoms with E-state index in [2.05, 4.69) is 39.2 Å². The van der Waals surface area contributed by atoms with E-state index in [4.69, 9.17) is 5.84 Å². The maximum Gasteiger partial charge on any atom is 0.148 e. The summed E-state index contributed by atoms with van der Waals surface area (Å²) in [5, 5.41) is 0. The third-order valence-corrected chi connectivity index (χ3v) is 3.95. The van der Waals surface area contributed by atoms with Crippen LogP contribution >= 0.6 is 0 Å². The monoisotopic (exact) mass is 264 g/mol. The molecule has 6 heteroatoms. The fraction of sp³-hybridized carbons (Fsp3) is 0.692. The zero-order valence-corrected chi connectivity index (χ0v) is 12.1. The molecule has 0 bridgehead atoms. The first-order valence-electron chi connectivity index (χ1n) is 6.90. The normalized spacial score (nSPS) is 19.7. The van der Waals surface area contributed by atoms with Crippen molar-refractivity contribution < 1.29 is 0 Å². The van der Waals surface area contributed by atoms with Gasteiger partial charge in [-0.25, -0.2) is 15.8 Å². The van der Waals surface area contributed by atoms with Crippen molar-refractivity contribution in [1.29, 1.82) is 0 Å². The van der Waals surface area contributed by atoms with Crippen molar-refractivity contribution in [2.24, 2.45) is 5.84 Å². The molecule has 2 rings (SSSR count). The molecule has 1 unspecified atom stereocenters. The molecule has 0 spiro atoms. The lowest BCUT2D eigenvalue weighted by atomic mass is 10.2. The third kappa shape index (κ3) is 2.96. The van der Waals surface area contributed by atoms with Crippen molar-refractivity contribution in [1.82, 2.24) is 14.9 Å². The number of anilines is 2. The number of hydrogen-bond donors (Lipinski definition) is 2. The number of aromatic nitrogens is 2. The van der Waals surface area contributed by atoms with Crippen molar-refractivity contribution in [2.75, 3.05) is 37.0 Å². The smallest absolute Gasteiger partial charge is 0.148 e. The van der Waals surface area contributed by atoms with Crippen LogP contribution in [0.25, 0.3) is 0 Å². The van der Waals surface area contributed by atoms with Crippen molar-refractivity contribution >= 4 is 11.6 Å². The van der Waals surface area contributed by atoms with Crippen LogP contribution in [0.5, 0.6) is 0 Å². The summed E-state index contributed by atoms with van der Waals surface area (Å²) < 4.78 is 0. The molecule has 6 nitrogen and oxygen atoms in total. The van der Waals surface area contributed by atoms with Crippen LogP contribution in [0.15, 0.2) is 6.33 Å². The predicted molar refractivity (Wildman–Crippen MR) is 78.1 cm³/mol. The summed E-state index contributed by atoms with van der Waals surface area (Å²) in [6.07, 6.45) is 4.12. The largest absolute Gasteiger partial charge is 0.358 e. The number of nitrogens with one attached hydrogen (secondary N) is 1. The number of likely N-dealkylation sites (tertiary alicyclic amines) is 1. The Kier molecular flexibility index (Phi) is 4.55. The van der Waals surface area contributed by atoms with E-state index in [1.54, 1.807) is 6.33 Å². The zero-order valence-electron chi connectivity index (χ0n) is 12.1. The summed E-state index contributed by atoms with van der Waals surface area (Å²) in [6.45, 7) is 7.55. The highest BCUT2D eigenvalue weighted by Gasteiger charge is 2.25. The van der Waals surface area contributed by atoms with Gasteiger partial charge in [0.2, 0.25) is 0 Å². The number of likely N-dealkylation sites (N-methyl/N-ethyl adjacent to an activating group) is 2. The number of nitrogens with two attached hydrogens (primary N) is 1. The van der Waals surface area contributed by atoms with E-state index < -0.39 is 0 Å². The molecular weight excluding hydrogens is 240 g/mol. The van der Waals surface area contributed by atoms with Crippen molar-refractivity contribution in [3.8, 4) is 0 Å². The van der Waals surface area contributed by atoms with Gasteiger partial charge in [0.15, 0.2) is 0 Å². The molecule has 1 aromatic rings. The second-order valence-corrected chi connectivity index (χ2v) is 5.12. The van der Waals surface area contributed by atoms with Gasteiger partial charge < -0.3 is 10.3 Å². The van der Waals surface area contributed by atoms with Crippen molar-refractivity contribution in [2.45, 2.75) is 32.7 Å². The Morgan fingerprint density at radius 2 is 2.32 bits per heavy atom. The molecule has 2 heterocycles. The number of nitrogen functional groups attached to an aromatic ring is 1. The second-order valence-electron chi connectivity index (χ2n) is 5.12. The van der Waals surface area contributed by atoms with Crippen LogP contribution in [0.1, 0.15) is 25.3 Å². The molecular formula is C13H24N6. The van der Waals surface area contributed by atoms with Gasteiger partial charge in [0.25, 0.3) is 0 Å². The highest BCUT2D eigenvalue weighted by atomic mass is 15.3. The van der Waals surface area contributed by atoms with Crippen LogP contribution in [-0.2, 0) is 0 Å². The molecule has 0 saturated carbocycles. The minimum Gasteiger partial charge on any atom is -0.358 e. The Hall–Kier alpha value is -1.40. The van der Waals surface area contributed by atoms with E-state index in [9.17, 15) is 0 Å². The predicted octanol–water partition coefficient (Wildman–Crippen LogP) is 0.991. The quantitative estimate of drug-likeness (QED) is 0.610. The first-order valence-corrected chi connectivity index (χ1v) is 6.90. The number of hydrogen-bond acceptors (Lipinski definition) is 6. The maximum absolute atomic E-state index is 5.46. The Morgan fingerprint density at radius 3 is 3.00 bits per heavy atom. The minimum atomic E-state index is 0.624. The third-order valence-electron chi connectivity index (χ3n) is 3.95. The average Bonchev–Trinajstić information content (AvgIpc) is 2.86. The van der Waals surface area contributed by atoms with E-state index >= 15 is 0 Å². The molecule has 19 heavy (non-hydrogen) atoms. The fourth-order valence-corrected chi connectivity index (χ4v) is 2.89. The van der Waals surface area contributed by atoms with E-state index in [-0.39, 0.29) is 0 Å². The highest BCUT2D eigenvalue weighted by molar-refractivity contribution is 5.57. The van der Waals surface area contributed by atoms with Gasteiger partial charge in [-0.15, -0.1) is 0 Å². The lowest BCUT2D eigenvalue weighted by Gasteiger charge is -2.29. The summed E-state index contributed by atoms with van der Waals surface area (Å²) in [6, 6.07) is 0.624. The molecule has 106 valence electrons. The molecule has 1 aliphatic heterocycles. The molecule has 0 aliphatic carbocycles. The first-order chi connectivity index (χ1) is 9.17. The van der Waals surface area contributed by atoms with Gasteiger partial charge in [0, 0.05) is 25.2 Å². The van der Waals surface area contributed by atoms with Crippen LogP contribution < -0.4 is 16.2 Å². The Morgan fingerprint density at radius 1 is 1.53 bits per heavy atom. The van der Waals surface area contributed by atoms with Gasteiger partial charge in [-0.3, -0.25) is 4.90 Å². The molecule has 1 saturated heterocycles.